The van der Waals surface area contributed by atoms with Crippen LogP contribution in [0.5, 0.6) is 0 Å². The summed E-state index contributed by atoms with van der Waals surface area (Å²) in [6.07, 6.45) is 1.49. The van der Waals surface area contributed by atoms with Crippen LogP contribution in [-0.2, 0) is 16.0 Å². The molecule has 0 radical (unpaired) electrons. The van der Waals surface area contributed by atoms with Gasteiger partial charge < -0.3 is 10.0 Å². The number of aliphatic carboxylic acids is 1. The molecule has 1 fully saturated rings. The van der Waals surface area contributed by atoms with E-state index in [4.69, 9.17) is 5.11 Å². The molecule has 1 aliphatic rings. The van der Waals surface area contributed by atoms with Crippen LogP contribution in [0.15, 0.2) is 17.5 Å². The van der Waals surface area contributed by atoms with E-state index in [0.29, 0.717) is 19.5 Å². The van der Waals surface area contributed by atoms with Gasteiger partial charge in [-0.2, -0.15) is 0 Å². The zero-order valence-corrected chi connectivity index (χ0v) is 10.3. The van der Waals surface area contributed by atoms with E-state index in [-0.39, 0.29) is 18.2 Å². The minimum absolute atomic E-state index is 0.139. The molecular formula is C12H15NO3S. The first kappa shape index (κ1) is 12.1. The Balaban J connectivity index is 1.67. The molecule has 2 rings (SSSR count). The summed E-state index contributed by atoms with van der Waals surface area (Å²) in [4.78, 5) is 25.2. The second kappa shape index (κ2) is 5.31. The summed E-state index contributed by atoms with van der Waals surface area (Å²) in [5.74, 6) is -0.487. The Morgan fingerprint density at radius 3 is 2.82 bits per heavy atom. The van der Waals surface area contributed by atoms with Gasteiger partial charge in [-0.05, 0) is 17.9 Å². The second-order valence-corrected chi connectivity index (χ2v) is 5.37. The number of carboxylic acids is 1. The molecule has 0 aliphatic carbocycles. The third-order valence-electron chi connectivity index (χ3n) is 2.94. The van der Waals surface area contributed by atoms with Crippen molar-refractivity contribution in [1.29, 1.82) is 0 Å². The van der Waals surface area contributed by atoms with E-state index in [1.807, 2.05) is 17.5 Å². The number of hydrogen-bond donors (Lipinski definition) is 1. The number of likely N-dealkylation sites (tertiary alicyclic amines) is 1. The molecule has 1 saturated heterocycles. The predicted octanol–water partition coefficient (Wildman–Crippen LogP) is 1.61. The monoisotopic (exact) mass is 253 g/mol. The molecule has 17 heavy (non-hydrogen) atoms. The molecular weight excluding hydrogens is 238 g/mol. The van der Waals surface area contributed by atoms with Gasteiger partial charge >= 0.3 is 5.97 Å². The quantitative estimate of drug-likeness (QED) is 0.867. The van der Waals surface area contributed by atoms with Crippen molar-refractivity contribution < 1.29 is 14.7 Å². The van der Waals surface area contributed by atoms with Crippen LogP contribution in [0.3, 0.4) is 0 Å². The van der Waals surface area contributed by atoms with E-state index in [2.05, 4.69) is 0 Å². The molecule has 0 saturated carbocycles. The fraction of sp³-hybridized carbons (Fsp3) is 0.500. The topological polar surface area (TPSA) is 57.6 Å². The predicted molar refractivity (Wildman–Crippen MR) is 65.0 cm³/mol. The highest BCUT2D eigenvalue weighted by Gasteiger charge is 2.31. The molecule has 0 atom stereocenters. The third kappa shape index (κ3) is 3.30. The SMILES string of the molecule is O=C(O)CC1CN(C(=O)CCc2cccs2)C1. The minimum atomic E-state index is -0.777. The number of carbonyl (C=O) groups excluding carboxylic acids is 1. The van der Waals surface area contributed by atoms with Crippen molar-refractivity contribution in [3.8, 4) is 0 Å². The van der Waals surface area contributed by atoms with Crippen molar-refractivity contribution in [2.24, 2.45) is 5.92 Å². The highest BCUT2D eigenvalue weighted by Crippen LogP contribution is 2.21. The van der Waals surface area contributed by atoms with Gasteiger partial charge in [0.2, 0.25) is 5.91 Å². The highest BCUT2D eigenvalue weighted by molar-refractivity contribution is 7.09. The molecule has 0 spiro atoms. The van der Waals surface area contributed by atoms with Crippen LogP contribution in [0, 0.1) is 5.92 Å². The summed E-state index contributed by atoms with van der Waals surface area (Å²) in [6, 6.07) is 4.01. The Kier molecular flexibility index (Phi) is 3.78. The van der Waals surface area contributed by atoms with Crippen LogP contribution in [0.25, 0.3) is 0 Å². The van der Waals surface area contributed by atoms with E-state index >= 15 is 0 Å². The van der Waals surface area contributed by atoms with Gasteiger partial charge in [-0.15, -0.1) is 11.3 Å². The van der Waals surface area contributed by atoms with Crippen molar-refractivity contribution in [1.82, 2.24) is 4.90 Å². The average molecular weight is 253 g/mol. The Morgan fingerprint density at radius 1 is 1.47 bits per heavy atom. The lowest BCUT2D eigenvalue weighted by molar-refractivity contribution is -0.145. The first-order chi connectivity index (χ1) is 8.15. The van der Waals surface area contributed by atoms with E-state index in [9.17, 15) is 9.59 Å². The van der Waals surface area contributed by atoms with E-state index in [1.165, 1.54) is 4.88 Å². The zero-order valence-electron chi connectivity index (χ0n) is 9.46. The number of carbonyl (C=O) groups is 2. The van der Waals surface area contributed by atoms with Crippen LogP contribution in [0.1, 0.15) is 17.7 Å². The lowest BCUT2D eigenvalue weighted by Gasteiger charge is -2.38. The number of hydrogen-bond acceptors (Lipinski definition) is 3. The summed E-state index contributed by atoms with van der Waals surface area (Å²) >= 11 is 1.66. The summed E-state index contributed by atoms with van der Waals surface area (Å²) in [6.45, 7) is 1.21. The maximum atomic E-state index is 11.7. The molecule has 0 unspecified atom stereocenters. The molecule has 92 valence electrons. The summed E-state index contributed by atoms with van der Waals surface area (Å²) < 4.78 is 0. The zero-order chi connectivity index (χ0) is 12.3. The molecule has 4 nitrogen and oxygen atoms in total. The van der Waals surface area contributed by atoms with E-state index in [1.54, 1.807) is 16.2 Å². The molecule has 1 amide bonds. The van der Waals surface area contributed by atoms with Gasteiger partial charge in [-0.3, -0.25) is 9.59 Å². The molecule has 1 aromatic rings. The van der Waals surface area contributed by atoms with E-state index in [0.717, 1.165) is 6.42 Å². The van der Waals surface area contributed by atoms with Gasteiger partial charge in [0.05, 0.1) is 6.42 Å². The van der Waals surface area contributed by atoms with Gasteiger partial charge in [-0.25, -0.2) is 0 Å². The number of carboxylic acid groups (broad SMARTS) is 1. The number of amides is 1. The van der Waals surface area contributed by atoms with Gasteiger partial charge in [0.15, 0.2) is 0 Å². The number of rotatable bonds is 5. The van der Waals surface area contributed by atoms with Crippen molar-refractivity contribution in [2.75, 3.05) is 13.1 Å². The van der Waals surface area contributed by atoms with Crippen LogP contribution >= 0.6 is 11.3 Å². The van der Waals surface area contributed by atoms with Gasteiger partial charge in [-0.1, -0.05) is 6.07 Å². The molecule has 1 aliphatic heterocycles. The Labute approximate surface area is 104 Å². The minimum Gasteiger partial charge on any atom is -0.481 e. The lowest BCUT2D eigenvalue weighted by atomic mass is 9.96. The van der Waals surface area contributed by atoms with Crippen LogP contribution < -0.4 is 0 Å². The molecule has 2 heterocycles. The Morgan fingerprint density at radius 2 is 2.24 bits per heavy atom. The fourth-order valence-electron chi connectivity index (χ4n) is 1.99. The first-order valence-corrected chi connectivity index (χ1v) is 6.55. The van der Waals surface area contributed by atoms with Gasteiger partial charge in [0.25, 0.3) is 0 Å². The number of nitrogens with zero attached hydrogens (tertiary/aromatic N) is 1. The van der Waals surface area contributed by atoms with Crippen molar-refractivity contribution in [3.05, 3.63) is 22.4 Å². The van der Waals surface area contributed by atoms with Crippen molar-refractivity contribution in [2.45, 2.75) is 19.3 Å². The molecule has 1 N–H and O–H groups in total. The largest absolute Gasteiger partial charge is 0.481 e. The van der Waals surface area contributed by atoms with E-state index < -0.39 is 5.97 Å². The fourth-order valence-corrected chi connectivity index (χ4v) is 2.70. The Hall–Kier alpha value is -1.36. The molecule has 0 aromatic carbocycles. The first-order valence-electron chi connectivity index (χ1n) is 5.67. The van der Waals surface area contributed by atoms with Crippen molar-refractivity contribution in [3.63, 3.8) is 0 Å². The molecule has 5 heteroatoms. The third-order valence-corrected chi connectivity index (χ3v) is 3.87. The number of thiophene rings is 1. The molecule has 0 bridgehead atoms. The van der Waals surface area contributed by atoms with Gasteiger partial charge in [0, 0.05) is 30.3 Å². The lowest BCUT2D eigenvalue weighted by Crippen LogP contribution is -2.50. The van der Waals surface area contributed by atoms with Crippen LogP contribution in [0.4, 0.5) is 0 Å². The summed E-state index contributed by atoms with van der Waals surface area (Å²) in [5, 5.41) is 10.6. The second-order valence-electron chi connectivity index (χ2n) is 4.34. The van der Waals surface area contributed by atoms with Crippen LogP contribution in [0.2, 0.25) is 0 Å². The van der Waals surface area contributed by atoms with Crippen molar-refractivity contribution >= 4 is 23.2 Å². The average Bonchev–Trinajstić information content (AvgIpc) is 2.71. The summed E-state index contributed by atoms with van der Waals surface area (Å²) in [5.41, 5.74) is 0. The van der Waals surface area contributed by atoms with Crippen LogP contribution in [-0.4, -0.2) is 35.0 Å². The maximum absolute atomic E-state index is 11.7. The Bertz CT molecular complexity index is 396. The highest BCUT2D eigenvalue weighted by atomic mass is 32.1. The number of aryl methyl sites for hydroxylation is 1. The maximum Gasteiger partial charge on any atom is 0.303 e. The smallest absolute Gasteiger partial charge is 0.303 e. The normalized spacial score (nSPS) is 15.6. The summed E-state index contributed by atoms with van der Waals surface area (Å²) in [7, 11) is 0. The molecule has 1 aromatic heterocycles. The standard InChI is InChI=1S/C12H15NO3S/c14-11(4-3-10-2-1-5-17-10)13-7-9(8-13)6-12(15)16/h1-2,5,9H,3-4,6-8H2,(H,15,16). The van der Waals surface area contributed by atoms with Gasteiger partial charge in [0.1, 0.15) is 0 Å².